The highest BCUT2D eigenvalue weighted by atomic mass is 16.2. The van der Waals surface area contributed by atoms with Crippen LogP contribution in [0.5, 0.6) is 0 Å². The zero-order valence-electron chi connectivity index (χ0n) is 29.7. The number of nitrogens with zero attached hydrogens (tertiary/aromatic N) is 6. The van der Waals surface area contributed by atoms with E-state index in [1.165, 1.54) is 11.8 Å². The lowest BCUT2D eigenvalue weighted by Crippen LogP contribution is -2.54. The van der Waals surface area contributed by atoms with Gasteiger partial charge in [-0.1, -0.05) is 12.1 Å². The van der Waals surface area contributed by atoms with Crippen molar-refractivity contribution in [2.75, 3.05) is 43.4 Å². The van der Waals surface area contributed by atoms with Crippen LogP contribution in [0, 0.1) is 11.3 Å². The maximum Gasteiger partial charge on any atom is 0.262 e. The zero-order valence-corrected chi connectivity index (χ0v) is 29.7. The van der Waals surface area contributed by atoms with Crippen LogP contribution < -0.4 is 21.7 Å². The number of piperidine rings is 2. The van der Waals surface area contributed by atoms with Crippen LogP contribution in [0.4, 0.5) is 17.3 Å². The van der Waals surface area contributed by atoms with Crippen LogP contribution in [-0.4, -0.2) is 93.4 Å². The highest BCUT2D eigenvalue weighted by Gasteiger charge is 2.44. The summed E-state index contributed by atoms with van der Waals surface area (Å²) in [6.07, 6.45) is 8.47. The van der Waals surface area contributed by atoms with Crippen molar-refractivity contribution in [1.29, 1.82) is 5.26 Å². The number of nitriles is 1. The quantitative estimate of drug-likeness (QED) is 0.0752. The Morgan fingerprint density at radius 1 is 1.00 bits per heavy atom. The predicted molar refractivity (Wildman–Crippen MR) is 204 cm³/mol. The summed E-state index contributed by atoms with van der Waals surface area (Å²) in [5, 5.41) is 18.5. The Bertz CT molecular complexity index is 2180. The number of aromatic amines is 1. The van der Waals surface area contributed by atoms with Crippen molar-refractivity contribution in [3.63, 3.8) is 0 Å². The molecule has 3 aliphatic rings. The highest BCUT2D eigenvalue weighted by molar-refractivity contribution is 6.23. The number of carbonyl (C=O) groups excluding carboxylic acids is 4. The Morgan fingerprint density at radius 2 is 1.78 bits per heavy atom. The molecule has 2 aromatic carbocycles. The number of aromatic nitrogens is 3. The standard InChI is InChI=1S/C39H41N11O4/c40-14-1-15-42-23-26(22-41)34-30-11-17-44-35(30)48-39(47-34)45-27-5-3-24(4-6-27)25-12-19-49(20-13-25)18-2-16-43-28-7-8-29-31(21-28)38(54)50(37(29)53)32-9-10-33(51)46-36(32)52/h3-8,11,17,21-23,25,32,43H,1-2,9-10,12-13,15-16,18-20,41H2,(H,46,51,52)(H2,44,45,47,48)/b26-22+,42-23?. The Morgan fingerprint density at radius 3 is 2.54 bits per heavy atom. The van der Waals surface area contributed by atoms with E-state index in [-0.39, 0.29) is 24.0 Å². The minimum atomic E-state index is -0.977. The number of hydrogen-bond acceptors (Lipinski definition) is 12. The molecule has 276 valence electrons. The van der Waals surface area contributed by atoms with Crippen molar-refractivity contribution >= 4 is 63.8 Å². The third-order valence-electron chi connectivity index (χ3n) is 10.1. The van der Waals surface area contributed by atoms with Gasteiger partial charge in [-0.3, -0.25) is 34.4 Å². The number of nitrogens with one attached hydrogen (secondary N) is 4. The van der Waals surface area contributed by atoms with Crippen molar-refractivity contribution in [1.82, 2.24) is 30.1 Å². The largest absolute Gasteiger partial charge is 0.404 e. The molecule has 0 spiro atoms. The molecule has 5 heterocycles. The van der Waals surface area contributed by atoms with Crippen LogP contribution in [0.3, 0.4) is 0 Å². The van der Waals surface area contributed by atoms with Gasteiger partial charge in [-0.25, -0.2) is 4.98 Å². The van der Waals surface area contributed by atoms with Gasteiger partial charge in [0.15, 0.2) is 0 Å². The first-order chi connectivity index (χ1) is 26.3. The summed E-state index contributed by atoms with van der Waals surface area (Å²) >= 11 is 0. The van der Waals surface area contributed by atoms with E-state index in [0.29, 0.717) is 48.3 Å². The molecule has 2 aromatic heterocycles. The van der Waals surface area contributed by atoms with Crippen LogP contribution >= 0.6 is 0 Å². The number of hydrogen-bond donors (Lipinski definition) is 5. The fourth-order valence-corrected chi connectivity index (χ4v) is 7.25. The van der Waals surface area contributed by atoms with E-state index in [0.717, 1.165) is 60.6 Å². The first-order valence-corrected chi connectivity index (χ1v) is 18.2. The average Bonchev–Trinajstić information content (AvgIpc) is 3.75. The van der Waals surface area contributed by atoms with Crippen LogP contribution in [-0.2, 0) is 9.59 Å². The molecule has 54 heavy (non-hydrogen) atoms. The maximum absolute atomic E-state index is 13.1. The third-order valence-corrected chi connectivity index (χ3v) is 10.1. The lowest BCUT2D eigenvalue weighted by molar-refractivity contribution is -0.136. The van der Waals surface area contributed by atoms with Gasteiger partial charge >= 0.3 is 0 Å². The number of likely N-dealkylation sites (tertiary alicyclic amines) is 1. The SMILES string of the molecule is N#CCCN=C/C(=C\N)c1nc(Nc2ccc(C3CCN(CCCNc4ccc5c(c4)C(=O)N(C4CCC(=O)NC4=O)C5=O)CC3)cc2)nc2[nH]ccc12. The van der Waals surface area contributed by atoms with Crippen LogP contribution in [0.2, 0.25) is 0 Å². The average molecular weight is 728 g/mol. The van der Waals surface area contributed by atoms with Crippen molar-refractivity contribution in [3.05, 3.63) is 83.3 Å². The van der Waals surface area contributed by atoms with Crippen molar-refractivity contribution in [3.8, 4) is 6.07 Å². The predicted octanol–water partition coefficient (Wildman–Crippen LogP) is 4.07. The molecule has 15 heteroatoms. The molecule has 1 atom stereocenters. The van der Waals surface area contributed by atoms with Gasteiger partial charge in [0.2, 0.25) is 17.8 Å². The topological polar surface area (TPSA) is 215 Å². The van der Waals surface area contributed by atoms with Crippen molar-refractivity contribution < 1.29 is 19.2 Å². The molecule has 0 aliphatic carbocycles. The number of carbonyl (C=O) groups is 4. The number of aliphatic imine (C=N–C) groups is 1. The van der Waals surface area contributed by atoms with E-state index in [4.69, 9.17) is 16.0 Å². The number of benzene rings is 2. The molecule has 3 aliphatic heterocycles. The lowest BCUT2D eigenvalue weighted by Gasteiger charge is -2.32. The molecular weight excluding hydrogens is 687 g/mol. The first kappa shape index (κ1) is 36.0. The molecule has 0 bridgehead atoms. The second-order valence-corrected chi connectivity index (χ2v) is 13.6. The molecule has 6 N–H and O–H groups in total. The Kier molecular flexibility index (Phi) is 10.7. The third kappa shape index (κ3) is 7.69. The van der Waals surface area contributed by atoms with Gasteiger partial charge in [0, 0.05) is 53.9 Å². The van der Waals surface area contributed by atoms with Gasteiger partial charge < -0.3 is 26.3 Å². The van der Waals surface area contributed by atoms with E-state index in [1.807, 2.05) is 18.2 Å². The normalized spacial score (nSPS) is 18.3. The molecule has 2 saturated heterocycles. The fraction of sp³-hybridized carbons (Fsp3) is 0.333. The van der Waals surface area contributed by atoms with Gasteiger partial charge in [0.25, 0.3) is 11.8 Å². The van der Waals surface area contributed by atoms with Crippen LogP contribution in [0.1, 0.15) is 76.4 Å². The van der Waals surface area contributed by atoms with Gasteiger partial charge in [-0.15, -0.1) is 0 Å². The van der Waals surface area contributed by atoms with Crippen LogP contribution in [0.15, 0.2) is 65.9 Å². The first-order valence-electron chi connectivity index (χ1n) is 18.2. The Labute approximate surface area is 311 Å². The highest BCUT2D eigenvalue weighted by Crippen LogP contribution is 2.31. The van der Waals surface area contributed by atoms with Gasteiger partial charge in [-0.05, 0) is 93.2 Å². The lowest BCUT2D eigenvalue weighted by atomic mass is 9.89. The van der Waals surface area contributed by atoms with Crippen molar-refractivity contribution in [2.45, 2.75) is 50.5 Å². The molecule has 0 radical (unpaired) electrons. The van der Waals surface area contributed by atoms with Gasteiger partial charge in [0.1, 0.15) is 11.7 Å². The van der Waals surface area contributed by atoms with E-state index >= 15 is 0 Å². The van der Waals surface area contributed by atoms with E-state index < -0.39 is 29.7 Å². The Hall–Kier alpha value is -6.40. The number of allylic oxidation sites excluding steroid dienone is 1. The number of rotatable bonds is 13. The molecular formula is C39H41N11O4. The van der Waals surface area contributed by atoms with E-state index in [9.17, 15) is 19.2 Å². The summed E-state index contributed by atoms with van der Waals surface area (Å²) in [5.74, 6) is -1.13. The Balaban J connectivity index is 0.875. The number of anilines is 3. The number of nitrogens with two attached hydrogens (primary N) is 1. The molecule has 7 rings (SSSR count). The number of amides is 4. The summed E-state index contributed by atoms with van der Waals surface area (Å²) in [6, 6.07) is 16.5. The molecule has 1 unspecified atom stereocenters. The van der Waals surface area contributed by atoms with Gasteiger partial charge in [-0.2, -0.15) is 10.2 Å². The molecule has 0 saturated carbocycles. The second-order valence-electron chi connectivity index (χ2n) is 13.6. The fourth-order valence-electron chi connectivity index (χ4n) is 7.25. The number of H-pyrrole nitrogens is 1. The van der Waals surface area contributed by atoms with Crippen molar-refractivity contribution in [2.24, 2.45) is 10.7 Å². The molecule has 4 aromatic rings. The second kappa shape index (κ2) is 16.1. The minimum absolute atomic E-state index is 0.0873. The molecule has 15 nitrogen and oxygen atoms in total. The maximum atomic E-state index is 13.1. The summed E-state index contributed by atoms with van der Waals surface area (Å²) in [6.45, 7) is 4.02. The molecule has 2 fully saturated rings. The molecule has 4 amide bonds. The number of fused-ring (bicyclic) bond motifs is 2. The monoisotopic (exact) mass is 727 g/mol. The van der Waals surface area contributed by atoms with Crippen LogP contribution in [0.25, 0.3) is 16.6 Å². The minimum Gasteiger partial charge on any atom is -0.404 e. The zero-order chi connectivity index (χ0) is 37.6. The summed E-state index contributed by atoms with van der Waals surface area (Å²) in [7, 11) is 0. The summed E-state index contributed by atoms with van der Waals surface area (Å²) in [5.41, 5.74) is 11.3. The smallest absolute Gasteiger partial charge is 0.262 e. The summed E-state index contributed by atoms with van der Waals surface area (Å²) in [4.78, 5) is 70.3. The van der Waals surface area contributed by atoms with Gasteiger partial charge in [0.05, 0.1) is 35.9 Å². The van der Waals surface area contributed by atoms with E-state index in [1.54, 1.807) is 30.6 Å². The summed E-state index contributed by atoms with van der Waals surface area (Å²) < 4.78 is 0. The number of imide groups is 2. The van der Waals surface area contributed by atoms with E-state index in [2.05, 4.69) is 54.0 Å².